The first-order valence-corrected chi connectivity index (χ1v) is 3.02. The molecule has 0 aromatic rings. The van der Waals surface area contributed by atoms with E-state index in [9.17, 15) is 0 Å². The normalized spacial score (nSPS) is 29.3. The van der Waals surface area contributed by atoms with Crippen molar-refractivity contribution in [1.29, 1.82) is 0 Å². The number of rotatable bonds is 0. The summed E-state index contributed by atoms with van der Waals surface area (Å²) in [7, 11) is 0. The Balaban J connectivity index is 2.75. The molecule has 3 heteroatoms. The molecule has 1 rings (SSSR count). The van der Waals surface area contributed by atoms with Crippen LogP contribution in [0.5, 0.6) is 0 Å². The molecule has 0 amide bonds. The van der Waals surface area contributed by atoms with Crippen molar-refractivity contribution in [2.45, 2.75) is 25.9 Å². The molecule has 0 bridgehead atoms. The molecule has 1 N–H and O–H groups in total. The molecule has 1 aliphatic heterocycles. The highest BCUT2D eigenvalue weighted by molar-refractivity contribution is 5.92. The molecule has 0 aromatic carbocycles. The Hall–Kier alpha value is -0.570. The van der Waals surface area contributed by atoms with E-state index in [4.69, 9.17) is 9.94 Å². The number of hydrogen-bond acceptors (Lipinski definition) is 3. The summed E-state index contributed by atoms with van der Waals surface area (Å²) < 4.78 is 5.25. The van der Waals surface area contributed by atoms with Crippen LogP contribution >= 0.6 is 0 Å². The molecular formula is C6H11NO2. The highest BCUT2D eigenvalue weighted by Gasteiger charge is 2.31. The van der Waals surface area contributed by atoms with Gasteiger partial charge in [-0.25, -0.2) is 0 Å². The van der Waals surface area contributed by atoms with Gasteiger partial charge in [-0.15, -0.1) is 0 Å². The van der Waals surface area contributed by atoms with E-state index in [1.54, 1.807) is 0 Å². The third-order valence-electron chi connectivity index (χ3n) is 1.62. The SMILES string of the molecule is CC1(C)OCC/C1=N\O. The number of nitrogens with zero attached hydrogens (tertiary/aromatic N) is 1. The van der Waals surface area contributed by atoms with Crippen LogP contribution in [0.4, 0.5) is 0 Å². The van der Waals surface area contributed by atoms with E-state index < -0.39 is 0 Å². The van der Waals surface area contributed by atoms with Crippen LogP contribution in [-0.2, 0) is 4.74 Å². The first-order chi connectivity index (χ1) is 4.17. The molecule has 52 valence electrons. The molecule has 1 saturated heterocycles. The van der Waals surface area contributed by atoms with Gasteiger partial charge in [-0.2, -0.15) is 0 Å². The highest BCUT2D eigenvalue weighted by atomic mass is 16.5. The third kappa shape index (κ3) is 1.05. The second-order valence-corrected chi connectivity index (χ2v) is 2.66. The Morgan fingerprint density at radius 1 is 1.67 bits per heavy atom. The van der Waals surface area contributed by atoms with Gasteiger partial charge in [-0.1, -0.05) is 5.16 Å². The van der Waals surface area contributed by atoms with Crippen LogP contribution in [-0.4, -0.2) is 23.1 Å². The molecule has 0 spiro atoms. The summed E-state index contributed by atoms with van der Waals surface area (Å²) in [6.45, 7) is 4.47. The predicted octanol–water partition coefficient (Wildman–Crippen LogP) is 1.02. The average Bonchev–Trinajstić information content (AvgIpc) is 2.08. The molecule has 0 aliphatic carbocycles. The average molecular weight is 129 g/mol. The maximum absolute atomic E-state index is 8.41. The van der Waals surface area contributed by atoms with Crippen molar-refractivity contribution in [3.8, 4) is 0 Å². The van der Waals surface area contributed by atoms with Crippen LogP contribution in [0.2, 0.25) is 0 Å². The zero-order valence-corrected chi connectivity index (χ0v) is 5.72. The summed E-state index contributed by atoms with van der Waals surface area (Å²) in [6.07, 6.45) is 0.753. The van der Waals surface area contributed by atoms with Crippen molar-refractivity contribution >= 4 is 5.71 Å². The lowest BCUT2D eigenvalue weighted by Crippen LogP contribution is -2.27. The smallest absolute Gasteiger partial charge is 0.104 e. The van der Waals surface area contributed by atoms with Crippen molar-refractivity contribution in [3.05, 3.63) is 0 Å². The summed E-state index contributed by atoms with van der Waals surface area (Å²) in [5.74, 6) is 0. The van der Waals surface area contributed by atoms with Crippen LogP contribution in [0.3, 0.4) is 0 Å². The van der Waals surface area contributed by atoms with Gasteiger partial charge < -0.3 is 9.94 Å². The third-order valence-corrected chi connectivity index (χ3v) is 1.62. The van der Waals surface area contributed by atoms with Gasteiger partial charge in [0.05, 0.1) is 12.3 Å². The standard InChI is InChI=1S/C6H11NO2/c1-6(2)5(7-8)3-4-9-6/h8H,3-4H2,1-2H3/b7-5+. The summed E-state index contributed by atoms with van der Waals surface area (Å²) in [6, 6.07) is 0. The molecule has 0 radical (unpaired) electrons. The van der Waals surface area contributed by atoms with Gasteiger partial charge in [0.1, 0.15) is 5.60 Å². The summed E-state index contributed by atoms with van der Waals surface area (Å²) >= 11 is 0. The number of ether oxygens (including phenoxy) is 1. The topological polar surface area (TPSA) is 41.8 Å². The second kappa shape index (κ2) is 1.99. The molecule has 1 aliphatic rings. The minimum absolute atomic E-state index is 0.339. The highest BCUT2D eigenvalue weighted by Crippen LogP contribution is 2.20. The molecule has 0 unspecified atom stereocenters. The molecule has 0 saturated carbocycles. The molecule has 0 aromatic heterocycles. The maximum atomic E-state index is 8.41. The molecular weight excluding hydrogens is 118 g/mol. The molecule has 1 heterocycles. The van der Waals surface area contributed by atoms with Gasteiger partial charge in [-0.3, -0.25) is 0 Å². The van der Waals surface area contributed by atoms with E-state index in [2.05, 4.69) is 5.16 Å². The van der Waals surface area contributed by atoms with Gasteiger partial charge in [0.2, 0.25) is 0 Å². The van der Waals surface area contributed by atoms with Crippen molar-refractivity contribution < 1.29 is 9.94 Å². The quantitative estimate of drug-likeness (QED) is 0.392. The lowest BCUT2D eigenvalue weighted by molar-refractivity contribution is 0.0667. The van der Waals surface area contributed by atoms with Gasteiger partial charge in [0.15, 0.2) is 0 Å². The lowest BCUT2D eigenvalue weighted by Gasteiger charge is -2.15. The van der Waals surface area contributed by atoms with E-state index in [-0.39, 0.29) is 5.60 Å². The zero-order valence-electron chi connectivity index (χ0n) is 5.72. The minimum atomic E-state index is -0.339. The van der Waals surface area contributed by atoms with Crippen molar-refractivity contribution in [2.75, 3.05) is 6.61 Å². The van der Waals surface area contributed by atoms with Gasteiger partial charge in [0.25, 0.3) is 0 Å². The first-order valence-electron chi connectivity index (χ1n) is 3.02. The number of oxime groups is 1. The Bertz CT molecular complexity index is 140. The fourth-order valence-electron chi connectivity index (χ4n) is 0.958. The van der Waals surface area contributed by atoms with Gasteiger partial charge in [-0.05, 0) is 13.8 Å². The van der Waals surface area contributed by atoms with Crippen LogP contribution in [0.1, 0.15) is 20.3 Å². The van der Waals surface area contributed by atoms with E-state index >= 15 is 0 Å². The summed E-state index contributed by atoms with van der Waals surface area (Å²) in [5, 5.41) is 11.5. The lowest BCUT2D eigenvalue weighted by atomic mass is 10.0. The molecule has 1 fully saturated rings. The predicted molar refractivity (Wildman–Crippen MR) is 33.9 cm³/mol. The van der Waals surface area contributed by atoms with E-state index in [1.165, 1.54) is 0 Å². The van der Waals surface area contributed by atoms with Crippen molar-refractivity contribution in [3.63, 3.8) is 0 Å². The Morgan fingerprint density at radius 3 is 2.56 bits per heavy atom. The largest absolute Gasteiger partial charge is 0.411 e. The van der Waals surface area contributed by atoms with Gasteiger partial charge >= 0.3 is 0 Å². The number of hydrogen-bond donors (Lipinski definition) is 1. The van der Waals surface area contributed by atoms with Crippen LogP contribution in [0, 0.1) is 0 Å². The Morgan fingerprint density at radius 2 is 2.33 bits per heavy atom. The first kappa shape index (κ1) is 6.55. The Kier molecular flexibility index (Phi) is 1.45. The van der Waals surface area contributed by atoms with Crippen LogP contribution < -0.4 is 0 Å². The fraction of sp³-hybridized carbons (Fsp3) is 0.833. The maximum Gasteiger partial charge on any atom is 0.104 e. The van der Waals surface area contributed by atoms with Gasteiger partial charge in [0, 0.05) is 6.42 Å². The zero-order chi connectivity index (χ0) is 6.91. The summed E-state index contributed by atoms with van der Waals surface area (Å²) in [5.41, 5.74) is 0.400. The minimum Gasteiger partial charge on any atom is -0.411 e. The van der Waals surface area contributed by atoms with Crippen molar-refractivity contribution in [1.82, 2.24) is 0 Å². The van der Waals surface area contributed by atoms with Crippen molar-refractivity contribution in [2.24, 2.45) is 5.16 Å². The summed E-state index contributed by atoms with van der Waals surface area (Å²) in [4.78, 5) is 0. The molecule has 0 atom stereocenters. The monoisotopic (exact) mass is 129 g/mol. The molecule has 3 nitrogen and oxygen atoms in total. The van der Waals surface area contributed by atoms with Crippen LogP contribution in [0.15, 0.2) is 5.16 Å². The van der Waals surface area contributed by atoms with E-state index in [1.807, 2.05) is 13.8 Å². The molecule has 9 heavy (non-hydrogen) atoms. The van der Waals surface area contributed by atoms with E-state index in [0.717, 1.165) is 12.1 Å². The Labute approximate surface area is 54.3 Å². The fourth-order valence-corrected chi connectivity index (χ4v) is 0.958. The van der Waals surface area contributed by atoms with Crippen LogP contribution in [0.25, 0.3) is 0 Å². The van der Waals surface area contributed by atoms with E-state index in [0.29, 0.717) is 6.61 Å². The second-order valence-electron chi connectivity index (χ2n) is 2.66.